The molecule has 31 heavy (non-hydrogen) atoms. The summed E-state index contributed by atoms with van der Waals surface area (Å²) >= 11 is 6.17. The third kappa shape index (κ3) is 5.68. The maximum Gasteiger partial charge on any atom is 0.258 e. The van der Waals surface area contributed by atoms with Crippen molar-refractivity contribution in [2.75, 3.05) is 70.5 Å². The molecule has 0 unspecified atom stereocenters. The Morgan fingerprint density at radius 1 is 1.13 bits per heavy atom. The van der Waals surface area contributed by atoms with Crippen LogP contribution in [-0.4, -0.2) is 76.5 Å². The molecular formula is C21H28ClN5O4. The molecule has 10 heteroatoms. The number of hydrogen-bond acceptors (Lipinski definition) is 8. The highest BCUT2D eigenvalue weighted by molar-refractivity contribution is 6.30. The van der Waals surface area contributed by atoms with Gasteiger partial charge in [0.1, 0.15) is 11.3 Å². The summed E-state index contributed by atoms with van der Waals surface area (Å²) < 4.78 is 15.8. The maximum absolute atomic E-state index is 12.4. The van der Waals surface area contributed by atoms with E-state index in [-0.39, 0.29) is 11.8 Å². The van der Waals surface area contributed by atoms with Gasteiger partial charge in [0.15, 0.2) is 0 Å². The minimum atomic E-state index is -0.266. The number of methoxy groups -OCH3 is 3. The highest BCUT2D eigenvalue weighted by Gasteiger charge is 2.23. The summed E-state index contributed by atoms with van der Waals surface area (Å²) in [5.74, 6) is 1.31. The minimum absolute atomic E-state index is 0.258. The van der Waals surface area contributed by atoms with E-state index in [0.717, 1.165) is 30.9 Å². The number of piperazine rings is 1. The van der Waals surface area contributed by atoms with Crippen LogP contribution in [0.5, 0.6) is 11.6 Å². The van der Waals surface area contributed by atoms with Crippen LogP contribution in [0.3, 0.4) is 0 Å². The van der Waals surface area contributed by atoms with Gasteiger partial charge in [-0.2, -0.15) is 4.98 Å². The van der Waals surface area contributed by atoms with E-state index in [1.54, 1.807) is 14.2 Å². The highest BCUT2D eigenvalue weighted by atomic mass is 35.5. The smallest absolute Gasteiger partial charge is 0.258 e. The lowest BCUT2D eigenvalue weighted by Gasteiger charge is -2.36. The number of hydrogen-bond donors (Lipinski definition) is 1. The lowest BCUT2D eigenvalue weighted by molar-refractivity contribution is 0.0944. The number of halogens is 1. The van der Waals surface area contributed by atoms with E-state index in [9.17, 15) is 4.79 Å². The lowest BCUT2D eigenvalue weighted by atomic mass is 10.2. The Hall–Kier alpha value is -2.78. The van der Waals surface area contributed by atoms with Crippen molar-refractivity contribution < 1.29 is 19.0 Å². The van der Waals surface area contributed by atoms with Crippen molar-refractivity contribution >= 4 is 29.1 Å². The Labute approximate surface area is 187 Å². The number of aromatic nitrogens is 2. The fourth-order valence-corrected chi connectivity index (χ4v) is 3.56. The molecule has 1 aliphatic rings. The predicted molar refractivity (Wildman–Crippen MR) is 120 cm³/mol. The maximum atomic E-state index is 12.4. The average Bonchev–Trinajstić information content (AvgIpc) is 2.81. The number of nitrogens with one attached hydrogen (secondary N) is 1. The van der Waals surface area contributed by atoms with Crippen LogP contribution in [0.1, 0.15) is 16.8 Å². The zero-order chi connectivity index (χ0) is 22.2. The van der Waals surface area contributed by atoms with E-state index in [0.29, 0.717) is 42.8 Å². The molecule has 0 saturated carbocycles. The number of benzene rings is 1. The summed E-state index contributed by atoms with van der Waals surface area (Å²) in [4.78, 5) is 25.6. The van der Waals surface area contributed by atoms with Crippen LogP contribution in [0.2, 0.25) is 5.02 Å². The molecule has 1 aliphatic heterocycles. The molecule has 1 amide bonds. The molecular weight excluding hydrogens is 422 g/mol. The fraction of sp³-hybridized carbons (Fsp3) is 0.476. The minimum Gasteiger partial charge on any atom is -0.495 e. The van der Waals surface area contributed by atoms with Gasteiger partial charge in [-0.1, -0.05) is 11.6 Å². The third-order valence-corrected chi connectivity index (χ3v) is 5.27. The molecule has 2 heterocycles. The van der Waals surface area contributed by atoms with Crippen molar-refractivity contribution in [3.8, 4) is 11.6 Å². The van der Waals surface area contributed by atoms with Gasteiger partial charge in [-0.15, -0.1) is 0 Å². The second kappa shape index (κ2) is 11.0. The summed E-state index contributed by atoms with van der Waals surface area (Å²) in [5.41, 5.74) is 1.28. The number of ether oxygens (including phenoxy) is 3. The molecule has 168 valence electrons. The molecule has 3 rings (SSSR count). The van der Waals surface area contributed by atoms with E-state index in [1.807, 2.05) is 18.2 Å². The standard InChI is InChI=1S/C21H28ClN5O4/c1-29-12-4-7-23-19(28)16-14-24-21(25-20(16)31-3)27-10-8-26(9-11-27)17-13-15(22)5-6-18(17)30-2/h5-6,13-14H,4,7-12H2,1-3H3,(H,23,28). The zero-order valence-corrected chi connectivity index (χ0v) is 18.8. The van der Waals surface area contributed by atoms with Gasteiger partial charge < -0.3 is 29.3 Å². The Bertz CT molecular complexity index is 890. The third-order valence-electron chi connectivity index (χ3n) is 5.03. The molecule has 9 nitrogen and oxygen atoms in total. The van der Waals surface area contributed by atoms with Crippen molar-refractivity contribution in [2.45, 2.75) is 6.42 Å². The SMILES string of the molecule is COCCCNC(=O)c1cnc(N2CCN(c3cc(Cl)ccc3OC)CC2)nc1OC. The summed E-state index contributed by atoms with van der Waals surface area (Å²) in [6, 6.07) is 5.60. The normalized spacial score (nSPS) is 13.8. The number of carbonyl (C=O) groups excluding carboxylic acids is 1. The van der Waals surface area contributed by atoms with Crippen molar-refractivity contribution in [3.63, 3.8) is 0 Å². The first-order valence-corrected chi connectivity index (χ1v) is 10.5. The molecule has 0 aliphatic carbocycles. The zero-order valence-electron chi connectivity index (χ0n) is 18.1. The number of anilines is 2. The Kier molecular flexibility index (Phi) is 8.13. The number of amides is 1. The fourth-order valence-electron chi connectivity index (χ4n) is 3.39. The van der Waals surface area contributed by atoms with Crippen molar-refractivity contribution in [2.24, 2.45) is 0 Å². The Morgan fingerprint density at radius 2 is 1.87 bits per heavy atom. The molecule has 1 aromatic carbocycles. The molecule has 0 bridgehead atoms. The van der Waals surface area contributed by atoms with E-state index in [2.05, 4.69) is 25.1 Å². The summed E-state index contributed by atoms with van der Waals surface area (Å²) in [5, 5.41) is 3.49. The first-order chi connectivity index (χ1) is 15.1. The van der Waals surface area contributed by atoms with Crippen LogP contribution in [0.4, 0.5) is 11.6 Å². The monoisotopic (exact) mass is 449 g/mol. The molecule has 2 aromatic rings. The van der Waals surface area contributed by atoms with Crippen LogP contribution in [0.15, 0.2) is 24.4 Å². The van der Waals surface area contributed by atoms with Crippen LogP contribution >= 0.6 is 11.6 Å². The van der Waals surface area contributed by atoms with Gasteiger partial charge in [0.25, 0.3) is 5.91 Å². The van der Waals surface area contributed by atoms with Gasteiger partial charge in [-0.25, -0.2) is 4.98 Å². The van der Waals surface area contributed by atoms with E-state index in [4.69, 9.17) is 25.8 Å². The number of rotatable bonds is 9. The molecule has 0 atom stereocenters. The second-order valence-electron chi connectivity index (χ2n) is 6.99. The molecule has 1 saturated heterocycles. The first-order valence-electron chi connectivity index (χ1n) is 10.1. The van der Waals surface area contributed by atoms with Gasteiger partial charge >= 0.3 is 0 Å². The molecule has 1 aromatic heterocycles. The van der Waals surface area contributed by atoms with Crippen molar-refractivity contribution in [1.82, 2.24) is 15.3 Å². The molecule has 0 spiro atoms. The molecule has 1 fully saturated rings. The summed E-state index contributed by atoms with van der Waals surface area (Å²) in [6.07, 6.45) is 2.24. The predicted octanol–water partition coefficient (Wildman–Crippen LogP) is 2.24. The van der Waals surface area contributed by atoms with Gasteiger partial charge in [-0.05, 0) is 24.6 Å². The number of nitrogens with zero attached hydrogens (tertiary/aromatic N) is 4. The van der Waals surface area contributed by atoms with E-state index in [1.165, 1.54) is 13.3 Å². The van der Waals surface area contributed by atoms with E-state index < -0.39 is 0 Å². The van der Waals surface area contributed by atoms with Crippen LogP contribution in [-0.2, 0) is 4.74 Å². The highest BCUT2D eigenvalue weighted by Crippen LogP contribution is 2.32. The Morgan fingerprint density at radius 3 is 2.55 bits per heavy atom. The average molecular weight is 450 g/mol. The Balaban J connectivity index is 1.65. The summed E-state index contributed by atoms with van der Waals surface area (Å²) in [7, 11) is 4.78. The van der Waals surface area contributed by atoms with Crippen LogP contribution in [0, 0.1) is 0 Å². The van der Waals surface area contributed by atoms with Crippen molar-refractivity contribution in [3.05, 3.63) is 35.0 Å². The van der Waals surface area contributed by atoms with Crippen LogP contribution in [0.25, 0.3) is 0 Å². The largest absolute Gasteiger partial charge is 0.495 e. The second-order valence-corrected chi connectivity index (χ2v) is 7.42. The van der Waals surface area contributed by atoms with E-state index >= 15 is 0 Å². The first kappa shape index (κ1) is 22.9. The van der Waals surface area contributed by atoms with Gasteiger partial charge in [0, 0.05) is 57.7 Å². The lowest BCUT2D eigenvalue weighted by Crippen LogP contribution is -2.47. The molecule has 0 radical (unpaired) electrons. The van der Waals surface area contributed by atoms with Crippen molar-refractivity contribution in [1.29, 1.82) is 0 Å². The van der Waals surface area contributed by atoms with Crippen LogP contribution < -0.4 is 24.6 Å². The number of carbonyl (C=O) groups is 1. The summed E-state index contributed by atoms with van der Waals surface area (Å²) in [6.45, 7) is 4.02. The molecule has 1 N–H and O–H groups in total. The quantitative estimate of drug-likeness (QED) is 0.583. The van der Waals surface area contributed by atoms with Gasteiger partial charge in [0.05, 0.1) is 19.9 Å². The van der Waals surface area contributed by atoms with Gasteiger partial charge in [0.2, 0.25) is 11.8 Å². The topological polar surface area (TPSA) is 89.1 Å². The van der Waals surface area contributed by atoms with Gasteiger partial charge in [-0.3, -0.25) is 4.79 Å².